The van der Waals surface area contributed by atoms with Crippen LogP contribution in [0.15, 0.2) is 12.1 Å². The molecule has 1 aliphatic heterocycles. The molecule has 1 heterocycles. The van der Waals surface area contributed by atoms with E-state index in [0.29, 0.717) is 24.0 Å². The first-order chi connectivity index (χ1) is 11.7. The van der Waals surface area contributed by atoms with Crippen LogP contribution in [-0.2, 0) is 0 Å². The average molecular weight is 336 g/mol. The number of nitrogens with zero attached hydrogens (tertiary/aromatic N) is 1. The van der Waals surface area contributed by atoms with Gasteiger partial charge in [0, 0.05) is 11.5 Å². The molecular weight excluding hydrogens is 304 g/mol. The Hall–Kier alpha value is -1.46. The first-order valence-corrected chi connectivity index (χ1v) is 8.91. The van der Waals surface area contributed by atoms with Gasteiger partial charge < -0.3 is 24.8 Å². The highest BCUT2D eigenvalue weighted by atomic mass is 16.5. The fourth-order valence-electron chi connectivity index (χ4n) is 3.88. The summed E-state index contributed by atoms with van der Waals surface area (Å²) in [7, 11) is 4.96. The van der Waals surface area contributed by atoms with Crippen molar-refractivity contribution in [2.45, 2.75) is 32.1 Å². The minimum atomic E-state index is 0.281. The third kappa shape index (κ3) is 3.95. The lowest BCUT2D eigenvalue weighted by atomic mass is 9.79. The number of rotatable bonds is 8. The maximum atomic E-state index is 6.17. The minimum Gasteiger partial charge on any atom is -0.493 e. The predicted molar refractivity (Wildman–Crippen MR) is 97.3 cm³/mol. The molecule has 2 rings (SSSR count). The van der Waals surface area contributed by atoms with Crippen LogP contribution in [0.4, 0.5) is 0 Å². The number of benzene rings is 1. The van der Waals surface area contributed by atoms with Crippen LogP contribution in [0.1, 0.15) is 37.7 Å². The van der Waals surface area contributed by atoms with Crippen LogP contribution in [0.25, 0.3) is 0 Å². The quantitative estimate of drug-likeness (QED) is 0.791. The van der Waals surface area contributed by atoms with Crippen LogP contribution < -0.4 is 19.9 Å². The fraction of sp³-hybridized carbons (Fsp3) is 0.684. The van der Waals surface area contributed by atoms with E-state index in [1.165, 1.54) is 25.8 Å². The van der Waals surface area contributed by atoms with E-state index >= 15 is 0 Å². The number of hydrogen-bond acceptors (Lipinski definition) is 5. The molecule has 1 fully saturated rings. The highest BCUT2D eigenvalue weighted by Crippen LogP contribution is 2.45. The predicted octanol–water partition coefficient (Wildman–Crippen LogP) is 2.88. The monoisotopic (exact) mass is 336 g/mol. The SMILES string of the molecule is CCCN1CCC(C(CN)c2ccc(OC)c(OC)c2OC)CC1. The number of hydrogen-bond donors (Lipinski definition) is 1. The Kier molecular flexibility index (Phi) is 7.18. The van der Waals surface area contributed by atoms with Gasteiger partial charge in [-0.25, -0.2) is 0 Å². The molecule has 0 amide bonds. The molecule has 0 aliphatic carbocycles. The molecule has 1 saturated heterocycles. The fourth-order valence-corrected chi connectivity index (χ4v) is 3.88. The van der Waals surface area contributed by atoms with Crippen LogP contribution in [0.2, 0.25) is 0 Å². The first kappa shape index (κ1) is 18.9. The van der Waals surface area contributed by atoms with E-state index < -0.39 is 0 Å². The van der Waals surface area contributed by atoms with Crippen molar-refractivity contribution < 1.29 is 14.2 Å². The van der Waals surface area contributed by atoms with E-state index in [-0.39, 0.29) is 5.92 Å². The third-order valence-electron chi connectivity index (χ3n) is 5.13. The molecule has 5 nitrogen and oxygen atoms in total. The molecule has 0 bridgehead atoms. The zero-order valence-electron chi connectivity index (χ0n) is 15.5. The van der Waals surface area contributed by atoms with Gasteiger partial charge in [0.2, 0.25) is 5.75 Å². The summed E-state index contributed by atoms with van der Waals surface area (Å²) >= 11 is 0. The number of methoxy groups -OCH3 is 3. The molecule has 1 aliphatic rings. The Balaban J connectivity index is 2.24. The summed E-state index contributed by atoms with van der Waals surface area (Å²) in [6.45, 7) is 6.36. The molecule has 2 N–H and O–H groups in total. The van der Waals surface area contributed by atoms with Gasteiger partial charge >= 0.3 is 0 Å². The topological polar surface area (TPSA) is 57.0 Å². The highest BCUT2D eigenvalue weighted by Gasteiger charge is 2.30. The molecule has 1 aromatic rings. The Labute approximate surface area is 146 Å². The van der Waals surface area contributed by atoms with E-state index in [9.17, 15) is 0 Å². The van der Waals surface area contributed by atoms with Crippen LogP contribution in [0.3, 0.4) is 0 Å². The van der Waals surface area contributed by atoms with Crippen molar-refractivity contribution in [3.05, 3.63) is 17.7 Å². The normalized spacial score (nSPS) is 17.5. The molecule has 0 aromatic heterocycles. The summed E-state index contributed by atoms with van der Waals surface area (Å²) < 4.78 is 16.6. The van der Waals surface area contributed by atoms with Gasteiger partial charge in [0.1, 0.15) is 0 Å². The molecule has 24 heavy (non-hydrogen) atoms. The number of likely N-dealkylation sites (tertiary alicyclic amines) is 1. The standard InChI is InChI=1S/C19H32N2O3/c1-5-10-21-11-8-14(9-12-21)16(13-20)15-6-7-17(22-2)19(24-4)18(15)23-3/h6-7,14,16H,5,8-13,20H2,1-4H3. The summed E-state index contributed by atoms with van der Waals surface area (Å²) in [5.74, 6) is 2.95. The first-order valence-electron chi connectivity index (χ1n) is 8.91. The lowest BCUT2D eigenvalue weighted by Crippen LogP contribution is -2.37. The summed E-state index contributed by atoms with van der Waals surface area (Å²) in [6, 6.07) is 4.03. The summed E-state index contributed by atoms with van der Waals surface area (Å²) in [5.41, 5.74) is 7.30. The van der Waals surface area contributed by atoms with Crippen molar-refractivity contribution in [1.29, 1.82) is 0 Å². The molecule has 5 heteroatoms. The van der Waals surface area contributed by atoms with Crippen molar-refractivity contribution in [2.24, 2.45) is 11.7 Å². The van der Waals surface area contributed by atoms with Crippen molar-refractivity contribution >= 4 is 0 Å². The minimum absolute atomic E-state index is 0.281. The van der Waals surface area contributed by atoms with Gasteiger partial charge in [0.05, 0.1) is 21.3 Å². The molecule has 136 valence electrons. The second-order valence-corrected chi connectivity index (χ2v) is 6.44. The highest BCUT2D eigenvalue weighted by molar-refractivity contribution is 5.57. The zero-order chi connectivity index (χ0) is 17.5. The van der Waals surface area contributed by atoms with E-state index in [1.54, 1.807) is 21.3 Å². The second kappa shape index (κ2) is 9.14. The van der Waals surface area contributed by atoms with Gasteiger partial charge in [-0.1, -0.05) is 13.0 Å². The Morgan fingerprint density at radius 1 is 1.08 bits per heavy atom. The van der Waals surface area contributed by atoms with Gasteiger partial charge in [0.15, 0.2) is 11.5 Å². The van der Waals surface area contributed by atoms with Crippen molar-refractivity contribution in [3.63, 3.8) is 0 Å². The molecule has 0 saturated carbocycles. The molecule has 1 aromatic carbocycles. The van der Waals surface area contributed by atoms with Crippen molar-refractivity contribution in [1.82, 2.24) is 4.90 Å². The smallest absolute Gasteiger partial charge is 0.203 e. The van der Waals surface area contributed by atoms with Crippen LogP contribution in [-0.4, -0.2) is 52.4 Å². The third-order valence-corrected chi connectivity index (χ3v) is 5.13. The van der Waals surface area contributed by atoms with Crippen LogP contribution >= 0.6 is 0 Å². The Morgan fingerprint density at radius 3 is 2.25 bits per heavy atom. The van der Waals surface area contributed by atoms with Crippen molar-refractivity contribution in [3.8, 4) is 17.2 Å². The molecule has 0 spiro atoms. The molecule has 1 atom stereocenters. The Bertz CT molecular complexity index is 514. The largest absolute Gasteiger partial charge is 0.493 e. The van der Waals surface area contributed by atoms with E-state index in [4.69, 9.17) is 19.9 Å². The second-order valence-electron chi connectivity index (χ2n) is 6.44. The lowest BCUT2D eigenvalue weighted by Gasteiger charge is -2.36. The van der Waals surface area contributed by atoms with Gasteiger partial charge in [-0.15, -0.1) is 0 Å². The summed E-state index contributed by atoms with van der Waals surface area (Å²) in [5, 5.41) is 0. The summed E-state index contributed by atoms with van der Waals surface area (Å²) in [4.78, 5) is 2.55. The maximum Gasteiger partial charge on any atom is 0.203 e. The van der Waals surface area contributed by atoms with Crippen molar-refractivity contribution in [2.75, 3.05) is 47.5 Å². The number of ether oxygens (including phenoxy) is 3. The summed E-state index contributed by atoms with van der Waals surface area (Å²) in [6.07, 6.45) is 3.58. The number of piperidine rings is 1. The maximum absolute atomic E-state index is 6.17. The molecule has 0 radical (unpaired) electrons. The van der Waals surface area contributed by atoms with E-state index in [1.807, 2.05) is 6.07 Å². The van der Waals surface area contributed by atoms with Gasteiger partial charge in [-0.3, -0.25) is 0 Å². The lowest BCUT2D eigenvalue weighted by molar-refractivity contribution is 0.168. The van der Waals surface area contributed by atoms with E-state index in [2.05, 4.69) is 17.9 Å². The zero-order valence-corrected chi connectivity index (χ0v) is 15.5. The molecule has 1 unspecified atom stereocenters. The van der Waals surface area contributed by atoms with E-state index in [0.717, 1.165) is 24.4 Å². The van der Waals surface area contributed by atoms with Gasteiger partial charge in [-0.2, -0.15) is 0 Å². The van der Waals surface area contributed by atoms with Gasteiger partial charge in [0.25, 0.3) is 0 Å². The van der Waals surface area contributed by atoms with Crippen LogP contribution in [0.5, 0.6) is 17.2 Å². The Morgan fingerprint density at radius 2 is 1.75 bits per heavy atom. The van der Waals surface area contributed by atoms with Crippen LogP contribution in [0, 0.1) is 5.92 Å². The number of nitrogens with two attached hydrogens (primary N) is 1. The van der Waals surface area contributed by atoms with Gasteiger partial charge in [-0.05, 0) is 57.4 Å². The molecular formula is C19H32N2O3. The average Bonchev–Trinajstić information content (AvgIpc) is 2.63.